The number of rotatable bonds is 4. The van der Waals surface area contributed by atoms with E-state index in [2.05, 4.69) is 4.72 Å². The third-order valence-electron chi connectivity index (χ3n) is 2.37. The van der Waals surface area contributed by atoms with Crippen molar-refractivity contribution in [3.63, 3.8) is 0 Å². The van der Waals surface area contributed by atoms with Gasteiger partial charge in [0.15, 0.2) is 0 Å². The molecule has 0 aromatic heterocycles. The van der Waals surface area contributed by atoms with Crippen LogP contribution in [0.4, 0.5) is 24.5 Å². The number of sulfonamides is 1. The molecule has 0 amide bonds. The van der Waals surface area contributed by atoms with Crippen LogP contribution in [0.15, 0.2) is 23.1 Å². The van der Waals surface area contributed by atoms with Gasteiger partial charge in [-0.1, -0.05) is 0 Å². The molecular formula is C10H14F3N3O2S. The summed E-state index contributed by atoms with van der Waals surface area (Å²) >= 11 is 0. The zero-order valence-corrected chi connectivity index (χ0v) is 11.1. The minimum Gasteiger partial charge on any atom is -0.399 e. The molecule has 0 spiro atoms. The monoisotopic (exact) mass is 297 g/mol. The van der Waals surface area contributed by atoms with E-state index in [0.717, 1.165) is 18.0 Å². The summed E-state index contributed by atoms with van der Waals surface area (Å²) in [7, 11) is -1.56. The van der Waals surface area contributed by atoms with E-state index < -0.39 is 22.7 Å². The Labute approximate surface area is 109 Å². The van der Waals surface area contributed by atoms with Crippen molar-refractivity contribution < 1.29 is 21.6 Å². The lowest BCUT2D eigenvalue weighted by atomic mass is 10.2. The Hall–Kier alpha value is -1.48. The molecule has 0 saturated carbocycles. The van der Waals surface area contributed by atoms with Crippen LogP contribution in [-0.2, 0) is 10.0 Å². The van der Waals surface area contributed by atoms with Crippen LogP contribution >= 0.6 is 0 Å². The lowest BCUT2D eigenvalue weighted by Crippen LogP contribution is -2.32. The number of anilines is 2. The molecular weight excluding hydrogens is 283 g/mol. The highest BCUT2D eigenvalue weighted by Crippen LogP contribution is 2.28. The molecule has 0 atom stereocenters. The lowest BCUT2D eigenvalue weighted by molar-refractivity contribution is -0.119. The van der Waals surface area contributed by atoms with E-state index in [1.54, 1.807) is 0 Å². The van der Waals surface area contributed by atoms with Crippen LogP contribution in [0.1, 0.15) is 0 Å². The summed E-state index contributed by atoms with van der Waals surface area (Å²) in [5.41, 5.74) is 5.56. The van der Waals surface area contributed by atoms with Crippen LogP contribution in [0.3, 0.4) is 0 Å². The minimum atomic E-state index is -4.43. The van der Waals surface area contributed by atoms with Gasteiger partial charge < -0.3 is 10.6 Å². The number of hydrogen-bond acceptors (Lipinski definition) is 4. The number of nitrogens with zero attached hydrogens (tertiary/aromatic N) is 1. The summed E-state index contributed by atoms with van der Waals surface area (Å²) in [5, 5.41) is 0. The van der Waals surface area contributed by atoms with Crippen molar-refractivity contribution in [1.82, 2.24) is 4.72 Å². The van der Waals surface area contributed by atoms with Gasteiger partial charge in [0.2, 0.25) is 10.0 Å². The van der Waals surface area contributed by atoms with E-state index in [1.165, 1.54) is 19.2 Å². The van der Waals surface area contributed by atoms with Gasteiger partial charge in [-0.15, -0.1) is 0 Å². The number of nitrogens with one attached hydrogen (secondary N) is 1. The number of alkyl halides is 3. The van der Waals surface area contributed by atoms with E-state index >= 15 is 0 Å². The van der Waals surface area contributed by atoms with E-state index in [9.17, 15) is 21.6 Å². The molecule has 0 radical (unpaired) electrons. The minimum absolute atomic E-state index is 0.0686. The standard InChI is InChI=1S/C10H14F3N3O2S/c1-15-19(17,18)9-5-7(14)3-4-8(9)16(2)6-10(11,12)13/h3-5,15H,6,14H2,1-2H3. The van der Waals surface area contributed by atoms with Gasteiger partial charge in [0, 0.05) is 12.7 Å². The molecule has 0 aliphatic rings. The molecule has 3 N–H and O–H groups in total. The second kappa shape index (κ2) is 5.25. The Morgan fingerprint density at radius 1 is 1.37 bits per heavy atom. The largest absolute Gasteiger partial charge is 0.405 e. The molecule has 0 aliphatic heterocycles. The summed E-state index contributed by atoms with van der Waals surface area (Å²) in [6.45, 7) is -1.26. The van der Waals surface area contributed by atoms with Gasteiger partial charge in [0.05, 0.1) is 5.69 Å². The summed E-state index contributed by atoms with van der Waals surface area (Å²) in [6, 6.07) is 3.70. The highest BCUT2D eigenvalue weighted by Gasteiger charge is 2.31. The highest BCUT2D eigenvalue weighted by molar-refractivity contribution is 7.89. The first-order valence-electron chi connectivity index (χ1n) is 5.18. The molecule has 1 aromatic carbocycles. The van der Waals surface area contributed by atoms with Crippen LogP contribution in [0.25, 0.3) is 0 Å². The molecule has 0 bridgehead atoms. The van der Waals surface area contributed by atoms with Crippen LogP contribution in [0, 0.1) is 0 Å². The molecule has 19 heavy (non-hydrogen) atoms. The smallest absolute Gasteiger partial charge is 0.399 e. The first kappa shape index (κ1) is 15.6. The van der Waals surface area contributed by atoms with Gasteiger partial charge in [0.25, 0.3) is 0 Å². The van der Waals surface area contributed by atoms with Crippen molar-refractivity contribution in [3.8, 4) is 0 Å². The van der Waals surface area contributed by atoms with Crippen molar-refractivity contribution in [2.75, 3.05) is 31.3 Å². The SMILES string of the molecule is CNS(=O)(=O)c1cc(N)ccc1N(C)CC(F)(F)F. The fraction of sp³-hybridized carbons (Fsp3) is 0.400. The predicted octanol–water partition coefficient (Wildman–Crippen LogP) is 1.18. The van der Waals surface area contributed by atoms with Crippen molar-refractivity contribution in [2.45, 2.75) is 11.1 Å². The molecule has 0 aliphatic carbocycles. The quantitative estimate of drug-likeness (QED) is 0.818. The maximum atomic E-state index is 12.3. The van der Waals surface area contributed by atoms with E-state index in [-0.39, 0.29) is 16.3 Å². The van der Waals surface area contributed by atoms with Gasteiger partial charge in [-0.2, -0.15) is 13.2 Å². The lowest BCUT2D eigenvalue weighted by Gasteiger charge is -2.23. The second-order valence-corrected chi connectivity index (χ2v) is 5.76. The van der Waals surface area contributed by atoms with Gasteiger partial charge in [0.1, 0.15) is 11.4 Å². The van der Waals surface area contributed by atoms with Gasteiger partial charge >= 0.3 is 6.18 Å². The molecule has 9 heteroatoms. The van der Waals surface area contributed by atoms with E-state index in [4.69, 9.17) is 5.73 Å². The Kier molecular flexibility index (Phi) is 4.31. The first-order chi connectivity index (χ1) is 8.57. The van der Waals surface area contributed by atoms with Crippen molar-refractivity contribution >= 4 is 21.4 Å². The van der Waals surface area contributed by atoms with Gasteiger partial charge in [-0.3, -0.25) is 0 Å². The fourth-order valence-electron chi connectivity index (χ4n) is 1.53. The third-order valence-corrected chi connectivity index (χ3v) is 3.81. The summed E-state index contributed by atoms with van der Waals surface area (Å²) < 4.78 is 62.6. The Bertz CT molecular complexity index is 558. The van der Waals surface area contributed by atoms with E-state index in [1.807, 2.05) is 0 Å². The maximum Gasteiger partial charge on any atom is 0.405 e. The summed E-state index contributed by atoms with van der Waals surface area (Å²) in [4.78, 5) is 0.519. The highest BCUT2D eigenvalue weighted by atomic mass is 32.2. The van der Waals surface area contributed by atoms with Crippen LogP contribution in [0.5, 0.6) is 0 Å². The zero-order chi connectivity index (χ0) is 14.8. The van der Waals surface area contributed by atoms with Gasteiger partial charge in [-0.25, -0.2) is 13.1 Å². The Balaban J connectivity index is 3.29. The average molecular weight is 297 g/mol. The Morgan fingerprint density at radius 2 is 1.95 bits per heavy atom. The van der Waals surface area contributed by atoms with Crippen LogP contribution in [-0.4, -0.2) is 35.2 Å². The van der Waals surface area contributed by atoms with E-state index in [0.29, 0.717) is 0 Å². The summed E-state index contributed by atoms with van der Waals surface area (Å²) in [5.74, 6) is 0. The first-order valence-corrected chi connectivity index (χ1v) is 6.66. The van der Waals surface area contributed by atoms with Crippen molar-refractivity contribution in [2.24, 2.45) is 0 Å². The van der Waals surface area contributed by atoms with Crippen LogP contribution < -0.4 is 15.4 Å². The van der Waals surface area contributed by atoms with Crippen LogP contribution in [0.2, 0.25) is 0 Å². The zero-order valence-electron chi connectivity index (χ0n) is 10.3. The van der Waals surface area contributed by atoms with Crippen molar-refractivity contribution in [3.05, 3.63) is 18.2 Å². The number of hydrogen-bond donors (Lipinski definition) is 2. The second-order valence-electron chi connectivity index (χ2n) is 3.91. The topological polar surface area (TPSA) is 75.4 Å². The molecule has 0 unspecified atom stereocenters. The van der Waals surface area contributed by atoms with Crippen molar-refractivity contribution in [1.29, 1.82) is 0 Å². The molecule has 0 saturated heterocycles. The normalized spacial score (nSPS) is 12.5. The number of nitrogen functional groups attached to an aromatic ring is 1. The molecule has 0 heterocycles. The number of benzene rings is 1. The predicted molar refractivity (Wildman–Crippen MR) is 66.4 cm³/mol. The number of nitrogens with two attached hydrogens (primary N) is 1. The number of halogens is 3. The molecule has 1 aromatic rings. The molecule has 108 valence electrons. The molecule has 5 nitrogen and oxygen atoms in total. The summed E-state index contributed by atoms with van der Waals surface area (Å²) in [6.07, 6.45) is -4.43. The molecule has 0 fully saturated rings. The van der Waals surface area contributed by atoms with Gasteiger partial charge in [-0.05, 0) is 25.2 Å². The fourth-order valence-corrected chi connectivity index (χ4v) is 2.54. The Morgan fingerprint density at radius 3 is 2.42 bits per heavy atom. The molecule has 1 rings (SSSR count). The average Bonchev–Trinajstić information content (AvgIpc) is 2.26. The maximum absolute atomic E-state index is 12.3. The third kappa shape index (κ3) is 4.00.